The summed E-state index contributed by atoms with van der Waals surface area (Å²) >= 11 is 5.93. The molecule has 1 rings (SSSR count). The van der Waals surface area contributed by atoms with Crippen molar-refractivity contribution in [3.63, 3.8) is 0 Å². The summed E-state index contributed by atoms with van der Waals surface area (Å²) in [5.41, 5.74) is 0.152. The van der Waals surface area contributed by atoms with Crippen molar-refractivity contribution >= 4 is 17.3 Å². The van der Waals surface area contributed by atoms with E-state index in [1.807, 2.05) is 13.8 Å². The molecule has 0 aliphatic carbocycles. The van der Waals surface area contributed by atoms with Crippen LogP contribution in [0.25, 0.3) is 0 Å². The van der Waals surface area contributed by atoms with E-state index in [1.165, 1.54) is 0 Å². The third-order valence-electron chi connectivity index (χ3n) is 2.70. The van der Waals surface area contributed by atoms with Crippen LogP contribution in [-0.2, 0) is 0 Å². The van der Waals surface area contributed by atoms with Gasteiger partial charge in [-0.2, -0.15) is 0 Å². The minimum atomic E-state index is -0.660. The van der Waals surface area contributed by atoms with Gasteiger partial charge in [-0.1, -0.05) is 25.4 Å². The summed E-state index contributed by atoms with van der Waals surface area (Å²) in [6.45, 7) is 4.45. The Balaban J connectivity index is 2.61. The second kappa shape index (κ2) is 5.33. The van der Waals surface area contributed by atoms with Gasteiger partial charge in [0.15, 0.2) is 0 Å². The van der Waals surface area contributed by atoms with Gasteiger partial charge in [0, 0.05) is 18.9 Å². The van der Waals surface area contributed by atoms with Crippen LogP contribution in [0.4, 0.5) is 5.69 Å². The molecule has 3 nitrogen and oxygen atoms in total. The SMILES string of the molecule is CCC(O)(CC)CNc1ccncc1Cl. The Morgan fingerprint density at radius 3 is 2.67 bits per heavy atom. The van der Waals surface area contributed by atoms with E-state index >= 15 is 0 Å². The van der Waals surface area contributed by atoms with Crippen molar-refractivity contribution in [1.29, 1.82) is 0 Å². The van der Waals surface area contributed by atoms with Crippen molar-refractivity contribution in [1.82, 2.24) is 4.98 Å². The zero-order chi connectivity index (χ0) is 11.3. The Labute approximate surface area is 95.5 Å². The maximum Gasteiger partial charge on any atom is 0.0820 e. The lowest BCUT2D eigenvalue weighted by atomic mass is 9.97. The first-order chi connectivity index (χ1) is 7.11. The van der Waals surface area contributed by atoms with E-state index in [0.29, 0.717) is 11.6 Å². The first-order valence-corrected chi connectivity index (χ1v) is 5.55. The largest absolute Gasteiger partial charge is 0.388 e. The highest BCUT2D eigenvalue weighted by Gasteiger charge is 2.21. The summed E-state index contributed by atoms with van der Waals surface area (Å²) in [4.78, 5) is 3.90. The van der Waals surface area contributed by atoms with Crippen molar-refractivity contribution in [2.24, 2.45) is 0 Å². The zero-order valence-electron chi connectivity index (χ0n) is 9.13. The number of hydrogen-bond donors (Lipinski definition) is 2. The topological polar surface area (TPSA) is 45.1 Å². The van der Waals surface area contributed by atoms with Gasteiger partial charge in [0.05, 0.1) is 16.3 Å². The van der Waals surface area contributed by atoms with Crippen LogP contribution in [0.5, 0.6) is 0 Å². The standard InChI is InChI=1S/C11H17ClN2O/c1-3-11(15,4-2)8-14-10-5-6-13-7-9(10)12/h5-7,15H,3-4,8H2,1-2H3,(H,13,14). The van der Waals surface area contributed by atoms with Gasteiger partial charge in [0.1, 0.15) is 0 Å². The van der Waals surface area contributed by atoms with Crippen LogP contribution in [0.1, 0.15) is 26.7 Å². The van der Waals surface area contributed by atoms with E-state index in [0.717, 1.165) is 18.5 Å². The summed E-state index contributed by atoms with van der Waals surface area (Å²) < 4.78 is 0. The smallest absolute Gasteiger partial charge is 0.0820 e. The number of halogens is 1. The van der Waals surface area contributed by atoms with E-state index in [1.54, 1.807) is 18.5 Å². The molecule has 0 saturated heterocycles. The molecule has 0 saturated carbocycles. The lowest BCUT2D eigenvalue weighted by Gasteiger charge is -2.26. The number of pyridine rings is 1. The monoisotopic (exact) mass is 228 g/mol. The molecular formula is C11H17ClN2O. The Hall–Kier alpha value is -0.800. The van der Waals surface area contributed by atoms with E-state index in [-0.39, 0.29) is 0 Å². The Morgan fingerprint density at radius 2 is 2.13 bits per heavy atom. The summed E-state index contributed by atoms with van der Waals surface area (Å²) in [5, 5.41) is 13.8. The molecular weight excluding hydrogens is 212 g/mol. The molecule has 0 aliphatic heterocycles. The molecule has 0 spiro atoms. The molecule has 84 valence electrons. The number of anilines is 1. The molecule has 2 N–H and O–H groups in total. The summed E-state index contributed by atoms with van der Waals surface area (Å²) in [6, 6.07) is 1.80. The van der Waals surface area contributed by atoms with Gasteiger partial charge in [-0.25, -0.2) is 0 Å². The maximum atomic E-state index is 10.1. The van der Waals surface area contributed by atoms with Gasteiger partial charge in [0.2, 0.25) is 0 Å². The molecule has 0 radical (unpaired) electrons. The Kier molecular flexibility index (Phi) is 4.36. The lowest BCUT2D eigenvalue weighted by Crippen LogP contribution is -2.35. The second-order valence-electron chi connectivity index (χ2n) is 3.64. The molecule has 15 heavy (non-hydrogen) atoms. The fourth-order valence-electron chi connectivity index (χ4n) is 1.28. The third kappa shape index (κ3) is 3.36. The molecule has 0 aliphatic rings. The van der Waals surface area contributed by atoms with Crippen molar-refractivity contribution in [3.05, 3.63) is 23.5 Å². The van der Waals surface area contributed by atoms with Crippen molar-refractivity contribution in [2.45, 2.75) is 32.3 Å². The van der Waals surface area contributed by atoms with Crippen molar-refractivity contribution < 1.29 is 5.11 Å². The highest BCUT2D eigenvalue weighted by molar-refractivity contribution is 6.33. The van der Waals surface area contributed by atoms with E-state index < -0.39 is 5.60 Å². The van der Waals surface area contributed by atoms with Crippen LogP contribution >= 0.6 is 11.6 Å². The summed E-state index contributed by atoms with van der Waals surface area (Å²) in [6.07, 6.45) is 4.70. The molecule has 0 bridgehead atoms. The van der Waals surface area contributed by atoms with Crippen LogP contribution < -0.4 is 5.32 Å². The number of aromatic nitrogens is 1. The first-order valence-electron chi connectivity index (χ1n) is 5.17. The molecule has 0 atom stereocenters. The summed E-state index contributed by atoms with van der Waals surface area (Å²) in [5.74, 6) is 0. The molecule has 1 heterocycles. The summed E-state index contributed by atoms with van der Waals surface area (Å²) in [7, 11) is 0. The number of nitrogens with zero attached hydrogens (tertiary/aromatic N) is 1. The van der Waals surface area contributed by atoms with Gasteiger partial charge >= 0.3 is 0 Å². The number of hydrogen-bond acceptors (Lipinski definition) is 3. The molecule has 0 aromatic carbocycles. The van der Waals surface area contributed by atoms with Crippen LogP contribution in [-0.4, -0.2) is 22.2 Å². The average Bonchev–Trinajstić information content (AvgIpc) is 2.28. The molecule has 0 amide bonds. The van der Waals surface area contributed by atoms with Gasteiger partial charge in [0.25, 0.3) is 0 Å². The minimum Gasteiger partial charge on any atom is -0.388 e. The Bertz CT molecular complexity index is 313. The second-order valence-corrected chi connectivity index (χ2v) is 4.05. The van der Waals surface area contributed by atoms with Gasteiger partial charge < -0.3 is 10.4 Å². The van der Waals surface area contributed by atoms with Crippen molar-refractivity contribution in [3.8, 4) is 0 Å². The third-order valence-corrected chi connectivity index (χ3v) is 3.00. The van der Waals surface area contributed by atoms with Crippen LogP contribution in [0, 0.1) is 0 Å². The quantitative estimate of drug-likeness (QED) is 0.815. The average molecular weight is 229 g/mol. The molecule has 0 unspecified atom stereocenters. The van der Waals surface area contributed by atoms with E-state index in [9.17, 15) is 5.11 Å². The molecule has 4 heteroatoms. The highest BCUT2D eigenvalue weighted by atomic mass is 35.5. The maximum absolute atomic E-state index is 10.1. The first kappa shape index (κ1) is 12.3. The Morgan fingerprint density at radius 1 is 1.47 bits per heavy atom. The van der Waals surface area contributed by atoms with Crippen molar-refractivity contribution in [2.75, 3.05) is 11.9 Å². The predicted octanol–water partition coefficient (Wildman–Crippen LogP) is 2.70. The fraction of sp³-hybridized carbons (Fsp3) is 0.545. The predicted molar refractivity (Wildman–Crippen MR) is 63.3 cm³/mol. The highest BCUT2D eigenvalue weighted by Crippen LogP contribution is 2.21. The number of aliphatic hydroxyl groups is 1. The normalized spacial score (nSPS) is 11.5. The van der Waals surface area contributed by atoms with Gasteiger partial charge in [-0.15, -0.1) is 0 Å². The van der Waals surface area contributed by atoms with Crippen LogP contribution in [0.15, 0.2) is 18.5 Å². The van der Waals surface area contributed by atoms with Gasteiger partial charge in [-0.05, 0) is 18.9 Å². The zero-order valence-corrected chi connectivity index (χ0v) is 9.88. The minimum absolute atomic E-state index is 0.504. The molecule has 1 aromatic rings. The molecule has 0 fully saturated rings. The fourth-order valence-corrected chi connectivity index (χ4v) is 1.46. The number of nitrogens with one attached hydrogen (secondary N) is 1. The molecule has 1 aromatic heterocycles. The lowest BCUT2D eigenvalue weighted by molar-refractivity contribution is 0.0457. The van der Waals surface area contributed by atoms with E-state index in [4.69, 9.17) is 11.6 Å². The van der Waals surface area contributed by atoms with E-state index in [2.05, 4.69) is 10.3 Å². The number of rotatable bonds is 5. The van der Waals surface area contributed by atoms with Crippen LogP contribution in [0.3, 0.4) is 0 Å². The van der Waals surface area contributed by atoms with Crippen LogP contribution in [0.2, 0.25) is 5.02 Å². The van der Waals surface area contributed by atoms with Gasteiger partial charge in [-0.3, -0.25) is 4.98 Å².